The second-order valence-electron chi connectivity index (χ2n) is 7.36. The third-order valence-electron chi connectivity index (χ3n) is 4.81. The zero-order valence-corrected chi connectivity index (χ0v) is 20.3. The Morgan fingerprint density at radius 3 is 2.39 bits per heavy atom. The minimum absolute atomic E-state index is 0.0561. The lowest BCUT2D eigenvalue weighted by molar-refractivity contribution is -0.141. The maximum Gasteiger partial charge on any atom is 0.308 e. The predicted molar refractivity (Wildman–Crippen MR) is 133 cm³/mol. The molecule has 1 atom stereocenters. The van der Waals surface area contributed by atoms with Gasteiger partial charge in [-0.1, -0.05) is 35.3 Å². The van der Waals surface area contributed by atoms with Crippen LogP contribution in [0.25, 0.3) is 0 Å². The van der Waals surface area contributed by atoms with E-state index >= 15 is 0 Å². The summed E-state index contributed by atoms with van der Waals surface area (Å²) in [5.74, 6) is -4.00. The molecule has 0 aliphatic carbocycles. The van der Waals surface area contributed by atoms with E-state index in [1.54, 1.807) is 24.4 Å². The number of carboxylic acid groups (broad SMARTS) is 1. The van der Waals surface area contributed by atoms with Crippen LogP contribution in [0.5, 0.6) is 0 Å². The van der Waals surface area contributed by atoms with Crippen LogP contribution in [-0.4, -0.2) is 47.7 Å². The first-order chi connectivity index (χ1) is 17.1. The van der Waals surface area contributed by atoms with Crippen LogP contribution in [0.15, 0.2) is 47.5 Å². The molecule has 0 unspecified atom stereocenters. The zero-order valence-electron chi connectivity index (χ0n) is 18.8. The normalized spacial score (nSPS) is 11.6. The number of nitrogens with zero attached hydrogens (tertiary/aromatic N) is 2. The number of ketones is 1. The van der Waals surface area contributed by atoms with Gasteiger partial charge in [-0.05, 0) is 36.8 Å². The van der Waals surface area contributed by atoms with Gasteiger partial charge in [0.2, 0.25) is 11.9 Å². The van der Waals surface area contributed by atoms with E-state index in [2.05, 4.69) is 20.9 Å². The molecule has 0 spiro atoms. The molecule has 0 aliphatic heterocycles. The van der Waals surface area contributed by atoms with Crippen molar-refractivity contribution in [3.8, 4) is 6.19 Å². The Bertz CT molecular complexity index is 1210. The minimum Gasteiger partial charge on any atom is -0.481 e. The number of nitriles is 1. The minimum atomic E-state index is -1.19. The highest BCUT2D eigenvalue weighted by atomic mass is 35.5. The van der Waals surface area contributed by atoms with Crippen LogP contribution < -0.4 is 21.7 Å². The Hall–Kier alpha value is -4.14. The average Bonchev–Trinajstić information content (AvgIpc) is 2.82. The number of halogens is 2. The van der Waals surface area contributed by atoms with Gasteiger partial charge in [0.05, 0.1) is 33.8 Å². The van der Waals surface area contributed by atoms with Gasteiger partial charge in [-0.25, -0.2) is 4.99 Å². The van der Waals surface area contributed by atoms with Crippen molar-refractivity contribution >= 4 is 58.4 Å². The molecule has 11 nitrogen and oxygen atoms in total. The molecular weight excluding hydrogens is 511 g/mol. The number of rotatable bonds is 11. The van der Waals surface area contributed by atoms with Crippen LogP contribution in [0.1, 0.15) is 33.6 Å². The fraction of sp³-hybridized carbons (Fsp3) is 0.217. The number of amides is 2. The lowest BCUT2D eigenvalue weighted by atomic mass is 9.98. The summed E-state index contributed by atoms with van der Waals surface area (Å²) in [6.45, 7) is -0.659. The number of hydrogen-bond donors (Lipinski definition) is 5. The van der Waals surface area contributed by atoms with E-state index in [1.165, 1.54) is 24.3 Å². The van der Waals surface area contributed by atoms with Crippen molar-refractivity contribution in [2.45, 2.75) is 12.8 Å². The molecule has 0 bridgehead atoms. The van der Waals surface area contributed by atoms with E-state index in [0.717, 1.165) is 0 Å². The van der Waals surface area contributed by atoms with Crippen LogP contribution in [0.3, 0.4) is 0 Å². The lowest BCUT2D eigenvalue weighted by Gasteiger charge is -2.14. The van der Waals surface area contributed by atoms with Gasteiger partial charge in [0.15, 0.2) is 12.0 Å². The number of carbonyl (C=O) groups is 4. The standard InChI is InChI=1S/C23H22Cl2N6O5/c24-16-5-2-6-17(25)20(16)18(32)8-7-14(22(35)36)10-28-19(33)11-29-21(34)13-3-1-4-15(9-13)31-23(27)30-12-26/h1-6,9,14H,7-8,10-11H2,(H,28,33)(H,29,34)(H,35,36)(H3,27,30,31)/t14-/m1/s1. The maximum absolute atomic E-state index is 12.4. The van der Waals surface area contributed by atoms with Crippen molar-refractivity contribution in [3.63, 3.8) is 0 Å². The molecule has 2 amide bonds. The monoisotopic (exact) mass is 532 g/mol. The summed E-state index contributed by atoms with van der Waals surface area (Å²) in [6.07, 6.45) is 1.42. The molecule has 36 heavy (non-hydrogen) atoms. The molecule has 188 valence electrons. The van der Waals surface area contributed by atoms with E-state index in [0.29, 0.717) is 5.69 Å². The van der Waals surface area contributed by atoms with E-state index in [4.69, 9.17) is 34.2 Å². The number of carbonyl (C=O) groups excluding carboxylic acids is 3. The molecule has 13 heteroatoms. The molecule has 0 fully saturated rings. The van der Waals surface area contributed by atoms with Crippen LogP contribution >= 0.6 is 23.2 Å². The largest absolute Gasteiger partial charge is 0.481 e. The SMILES string of the molecule is N#CNC(N)=Nc1cccc(C(=O)NCC(=O)NC[C@@H](CCC(=O)c2c(Cl)cccc2Cl)C(=O)O)c1. The Labute approximate surface area is 216 Å². The Kier molecular flexibility index (Phi) is 10.7. The van der Waals surface area contributed by atoms with Gasteiger partial charge in [-0.3, -0.25) is 24.5 Å². The van der Waals surface area contributed by atoms with E-state index in [9.17, 15) is 24.3 Å². The van der Waals surface area contributed by atoms with Gasteiger partial charge in [-0.15, -0.1) is 0 Å². The molecule has 2 aromatic rings. The third-order valence-corrected chi connectivity index (χ3v) is 5.44. The molecule has 2 aromatic carbocycles. The van der Waals surface area contributed by atoms with Crippen LogP contribution in [-0.2, 0) is 9.59 Å². The van der Waals surface area contributed by atoms with Gasteiger partial charge >= 0.3 is 5.97 Å². The fourth-order valence-corrected chi connectivity index (χ4v) is 3.62. The molecule has 0 aliphatic rings. The summed E-state index contributed by atoms with van der Waals surface area (Å²) in [6, 6.07) is 10.6. The fourth-order valence-electron chi connectivity index (χ4n) is 3.01. The third kappa shape index (κ3) is 8.57. The topological polar surface area (TPSA) is 187 Å². The van der Waals surface area contributed by atoms with Crippen molar-refractivity contribution in [2.75, 3.05) is 13.1 Å². The first-order valence-corrected chi connectivity index (χ1v) is 11.2. The Morgan fingerprint density at radius 1 is 1.08 bits per heavy atom. The Morgan fingerprint density at radius 2 is 1.75 bits per heavy atom. The number of nitrogens with one attached hydrogen (secondary N) is 3. The average molecular weight is 533 g/mol. The molecule has 0 saturated carbocycles. The van der Waals surface area contributed by atoms with Gasteiger partial charge in [-0.2, -0.15) is 5.26 Å². The first-order valence-electron chi connectivity index (χ1n) is 10.5. The molecule has 0 aromatic heterocycles. The highest BCUT2D eigenvalue weighted by molar-refractivity contribution is 6.39. The van der Waals surface area contributed by atoms with Gasteiger partial charge < -0.3 is 21.5 Å². The summed E-state index contributed by atoms with van der Waals surface area (Å²) >= 11 is 12.0. The van der Waals surface area contributed by atoms with Crippen LogP contribution in [0, 0.1) is 17.4 Å². The molecule has 2 rings (SSSR count). The van der Waals surface area contributed by atoms with Gasteiger partial charge in [0.1, 0.15) is 0 Å². The predicted octanol–water partition coefficient (Wildman–Crippen LogP) is 2.22. The number of aliphatic imine (C=N–C) groups is 1. The van der Waals surface area contributed by atoms with E-state index < -0.39 is 36.0 Å². The van der Waals surface area contributed by atoms with E-state index in [-0.39, 0.29) is 46.5 Å². The van der Waals surface area contributed by atoms with Crippen molar-refractivity contribution < 1.29 is 24.3 Å². The molecule has 0 heterocycles. The smallest absolute Gasteiger partial charge is 0.308 e. The zero-order chi connectivity index (χ0) is 26.7. The van der Waals surface area contributed by atoms with Gasteiger partial charge in [0, 0.05) is 18.5 Å². The van der Waals surface area contributed by atoms with Crippen LogP contribution in [0.4, 0.5) is 5.69 Å². The van der Waals surface area contributed by atoms with Gasteiger partial charge in [0.25, 0.3) is 5.91 Å². The number of nitrogens with two attached hydrogens (primary N) is 1. The molecular formula is C23H22Cl2N6O5. The molecule has 0 saturated heterocycles. The van der Waals surface area contributed by atoms with Crippen molar-refractivity contribution in [1.29, 1.82) is 5.26 Å². The van der Waals surface area contributed by atoms with Crippen LogP contribution in [0.2, 0.25) is 10.0 Å². The summed E-state index contributed by atoms with van der Waals surface area (Å²) in [5.41, 5.74) is 6.11. The van der Waals surface area contributed by atoms with Crippen molar-refractivity contribution in [2.24, 2.45) is 16.6 Å². The number of guanidine groups is 1. The molecule has 0 radical (unpaired) electrons. The lowest BCUT2D eigenvalue weighted by Crippen LogP contribution is -2.40. The highest BCUT2D eigenvalue weighted by Gasteiger charge is 2.22. The highest BCUT2D eigenvalue weighted by Crippen LogP contribution is 2.26. The Balaban J connectivity index is 1.87. The quantitative estimate of drug-likeness (QED) is 0.0956. The van der Waals surface area contributed by atoms with Crippen molar-refractivity contribution in [1.82, 2.24) is 16.0 Å². The maximum atomic E-state index is 12.4. The van der Waals surface area contributed by atoms with E-state index in [1.807, 2.05) is 0 Å². The number of carboxylic acids is 1. The number of aliphatic carboxylic acids is 1. The number of benzene rings is 2. The molecule has 6 N–H and O–H groups in total. The number of hydrogen-bond acceptors (Lipinski definition) is 6. The summed E-state index contributed by atoms with van der Waals surface area (Å²) in [4.78, 5) is 52.4. The second-order valence-corrected chi connectivity index (χ2v) is 8.18. The van der Waals surface area contributed by atoms with Crippen molar-refractivity contribution in [3.05, 3.63) is 63.6 Å². The summed E-state index contributed by atoms with van der Waals surface area (Å²) in [7, 11) is 0. The summed E-state index contributed by atoms with van der Waals surface area (Å²) in [5, 5.41) is 25.3. The first kappa shape index (κ1) is 28.1. The summed E-state index contributed by atoms with van der Waals surface area (Å²) < 4.78 is 0. The number of Topliss-reactive ketones (excluding diaryl/α,β-unsaturated/α-hetero) is 1. The second kappa shape index (κ2) is 13.7.